The second-order valence-electron chi connectivity index (χ2n) is 10.5. The largest absolute Gasteiger partial charge is 0.504 e. The summed E-state index contributed by atoms with van der Waals surface area (Å²) in [5, 5.41) is 10.6. The molecule has 39 heavy (non-hydrogen) atoms. The van der Waals surface area contributed by atoms with Gasteiger partial charge in [-0.05, 0) is 67.2 Å². The van der Waals surface area contributed by atoms with Crippen LogP contribution in [0.4, 0.5) is 5.69 Å². The number of nitrogens with zero attached hydrogens (tertiary/aromatic N) is 1. The highest BCUT2D eigenvalue weighted by molar-refractivity contribution is 6.25. The SMILES string of the molecule is C=Cc1ccc(N2C(=O)[C@H]3[C@H](CC=C4[C@H](c5ccc(OC)c(O)c5)C5=C(C[C@H]43)C(=O)C(C)=CC5=O)C2=O)cc1. The number of hydrogen-bond donors (Lipinski definition) is 1. The summed E-state index contributed by atoms with van der Waals surface area (Å²) >= 11 is 0. The lowest BCUT2D eigenvalue weighted by Crippen LogP contribution is -2.39. The van der Waals surface area contributed by atoms with Gasteiger partial charge in [-0.15, -0.1) is 0 Å². The first-order valence-corrected chi connectivity index (χ1v) is 12.9. The van der Waals surface area contributed by atoms with Gasteiger partial charge in [-0.25, -0.2) is 0 Å². The molecule has 196 valence electrons. The minimum absolute atomic E-state index is 0.0869. The molecule has 4 aliphatic rings. The zero-order valence-corrected chi connectivity index (χ0v) is 21.6. The van der Waals surface area contributed by atoms with Crippen molar-refractivity contribution in [2.24, 2.45) is 17.8 Å². The van der Waals surface area contributed by atoms with Crippen molar-refractivity contribution in [3.63, 3.8) is 0 Å². The minimum atomic E-state index is -0.658. The maximum atomic E-state index is 13.9. The van der Waals surface area contributed by atoms with Crippen molar-refractivity contribution >= 4 is 35.1 Å². The van der Waals surface area contributed by atoms with Crippen molar-refractivity contribution in [2.75, 3.05) is 12.0 Å². The summed E-state index contributed by atoms with van der Waals surface area (Å²) in [5.41, 5.74) is 3.95. The zero-order chi connectivity index (χ0) is 27.6. The van der Waals surface area contributed by atoms with Crippen molar-refractivity contribution in [3.8, 4) is 11.5 Å². The maximum absolute atomic E-state index is 13.9. The van der Waals surface area contributed by atoms with Gasteiger partial charge in [-0.3, -0.25) is 24.1 Å². The van der Waals surface area contributed by atoms with E-state index in [4.69, 9.17) is 4.74 Å². The number of phenolic OH excluding ortho intramolecular Hbond substituents is 1. The van der Waals surface area contributed by atoms with Gasteiger partial charge in [0.1, 0.15) is 0 Å². The van der Waals surface area contributed by atoms with E-state index in [2.05, 4.69) is 6.58 Å². The van der Waals surface area contributed by atoms with E-state index >= 15 is 0 Å². The number of ether oxygens (including phenoxy) is 1. The molecule has 0 unspecified atom stereocenters. The number of methoxy groups -OCH3 is 1. The van der Waals surface area contributed by atoms with Gasteiger partial charge in [0.2, 0.25) is 11.8 Å². The normalized spacial score (nSPS) is 26.1. The molecule has 2 amide bonds. The molecule has 1 heterocycles. The summed E-state index contributed by atoms with van der Waals surface area (Å²) in [5.74, 6) is -3.09. The van der Waals surface area contributed by atoms with Crippen LogP contribution in [0.2, 0.25) is 0 Å². The van der Waals surface area contributed by atoms with Gasteiger partial charge in [0, 0.05) is 22.6 Å². The molecule has 0 aromatic heterocycles. The highest BCUT2D eigenvalue weighted by Gasteiger charge is 2.56. The van der Waals surface area contributed by atoms with Crippen LogP contribution in [-0.4, -0.2) is 35.6 Å². The Morgan fingerprint density at radius 2 is 1.77 bits per heavy atom. The average molecular weight is 522 g/mol. The van der Waals surface area contributed by atoms with E-state index < -0.39 is 23.7 Å². The first-order valence-electron chi connectivity index (χ1n) is 12.9. The molecule has 0 saturated carbocycles. The van der Waals surface area contributed by atoms with E-state index in [1.54, 1.807) is 55.5 Å². The molecule has 6 rings (SSSR count). The van der Waals surface area contributed by atoms with Gasteiger partial charge < -0.3 is 9.84 Å². The first-order chi connectivity index (χ1) is 18.7. The van der Waals surface area contributed by atoms with Crippen molar-refractivity contribution < 1.29 is 29.0 Å². The van der Waals surface area contributed by atoms with E-state index in [0.29, 0.717) is 34.4 Å². The van der Waals surface area contributed by atoms with Gasteiger partial charge in [-0.2, -0.15) is 0 Å². The number of carbonyl (C=O) groups excluding carboxylic acids is 4. The van der Waals surface area contributed by atoms with Gasteiger partial charge in [-0.1, -0.05) is 42.5 Å². The Morgan fingerprint density at radius 1 is 1.03 bits per heavy atom. The molecule has 3 aliphatic carbocycles. The number of fused-ring (bicyclic) bond motifs is 3. The molecule has 1 fully saturated rings. The second-order valence-corrected chi connectivity index (χ2v) is 10.5. The predicted molar refractivity (Wildman–Crippen MR) is 145 cm³/mol. The van der Waals surface area contributed by atoms with Crippen molar-refractivity contribution in [1.82, 2.24) is 0 Å². The lowest BCUT2D eigenvalue weighted by atomic mass is 9.59. The van der Waals surface area contributed by atoms with Crippen LogP contribution in [0.25, 0.3) is 6.08 Å². The third-order valence-electron chi connectivity index (χ3n) is 8.49. The van der Waals surface area contributed by atoms with Crippen LogP contribution in [0.1, 0.15) is 36.8 Å². The standard InChI is InChI=1S/C32H27NO6/c1-4-17-5-8-19(9-6-17)33-31(37)21-11-10-20-22(28(21)32(33)38)15-23-29(25(35)13-16(2)30(23)36)27(20)18-7-12-26(39-3)24(34)14-18/h4-10,12-14,21-22,27-28,34H,1,11,15H2,2-3H3/t21-,22+,27-,28-/m0/s1. The Morgan fingerprint density at radius 3 is 2.44 bits per heavy atom. The molecule has 2 aromatic rings. The summed E-state index contributed by atoms with van der Waals surface area (Å²) in [6.07, 6.45) is 5.57. The molecule has 0 bridgehead atoms. The van der Waals surface area contributed by atoms with Crippen LogP contribution >= 0.6 is 0 Å². The molecule has 1 N–H and O–H groups in total. The summed E-state index contributed by atoms with van der Waals surface area (Å²) in [6.45, 7) is 5.37. The van der Waals surface area contributed by atoms with Crippen LogP contribution in [-0.2, 0) is 19.2 Å². The Bertz CT molecular complexity index is 1570. The summed E-state index contributed by atoms with van der Waals surface area (Å²) in [7, 11) is 1.45. The van der Waals surface area contributed by atoms with E-state index in [1.165, 1.54) is 18.1 Å². The van der Waals surface area contributed by atoms with Crippen LogP contribution in [0, 0.1) is 17.8 Å². The second kappa shape index (κ2) is 9.05. The zero-order valence-electron chi connectivity index (χ0n) is 21.6. The number of hydrogen-bond acceptors (Lipinski definition) is 6. The molecule has 0 radical (unpaired) electrons. The Balaban J connectivity index is 1.47. The minimum Gasteiger partial charge on any atom is -0.504 e. The van der Waals surface area contributed by atoms with Gasteiger partial charge >= 0.3 is 0 Å². The topological polar surface area (TPSA) is 101 Å². The van der Waals surface area contributed by atoms with Crippen LogP contribution in [0.3, 0.4) is 0 Å². The van der Waals surface area contributed by atoms with Crippen LogP contribution in [0.15, 0.2) is 83.5 Å². The number of benzene rings is 2. The van der Waals surface area contributed by atoms with E-state index in [9.17, 15) is 24.3 Å². The molecular weight excluding hydrogens is 494 g/mol. The molecule has 0 spiro atoms. The van der Waals surface area contributed by atoms with Crippen LogP contribution < -0.4 is 9.64 Å². The molecule has 4 atom stereocenters. The number of anilines is 1. The third-order valence-corrected chi connectivity index (χ3v) is 8.49. The average Bonchev–Trinajstić information content (AvgIpc) is 3.20. The lowest BCUT2D eigenvalue weighted by molar-refractivity contribution is -0.123. The number of allylic oxidation sites excluding steroid dienone is 6. The highest BCUT2D eigenvalue weighted by Crippen LogP contribution is 2.55. The Hall–Kier alpha value is -4.52. The van der Waals surface area contributed by atoms with Crippen molar-refractivity contribution in [3.05, 3.63) is 94.6 Å². The molecule has 7 heteroatoms. The number of aromatic hydroxyl groups is 1. The van der Waals surface area contributed by atoms with E-state index in [0.717, 1.165) is 11.1 Å². The van der Waals surface area contributed by atoms with Crippen molar-refractivity contribution in [2.45, 2.75) is 25.7 Å². The maximum Gasteiger partial charge on any atom is 0.238 e. The third kappa shape index (κ3) is 3.64. The van der Waals surface area contributed by atoms with Gasteiger partial charge in [0.05, 0.1) is 24.6 Å². The summed E-state index contributed by atoms with van der Waals surface area (Å²) in [6, 6.07) is 12.0. The molecule has 1 aliphatic heterocycles. The predicted octanol–water partition coefficient (Wildman–Crippen LogP) is 4.68. The smallest absolute Gasteiger partial charge is 0.238 e. The lowest BCUT2D eigenvalue weighted by Gasteiger charge is -2.42. The highest BCUT2D eigenvalue weighted by atomic mass is 16.5. The Labute approximate surface area is 225 Å². The fourth-order valence-electron chi connectivity index (χ4n) is 6.66. The van der Waals surface area contributed by atoms with Gasteiger partial charge in [0.25, 0.3) is 0 Å². The van der Waals surface area contributed by atoms with Crippen molar-refractivity contribution in [1.29, 1.82) is 0 Å². The Kier molecular flexibility index (Phi) is 5.75. The molecular formula is C32H27NO6. The summed E-state index contributed by atoms with van der Waals surface area (Å²) in [4.78, 5) is 55.5. The summed E-state index contributed by atoms with van der Waals surface area (Å²) < 4.78 is 5.20. The number of amides is 2. The van der Waals surface area contributed by atoms with Gasteiger partial charge in [0.15, 0.2) is 23.1 Å². The quantitative estimate of drug-likeness (QED) is 0.356. The van der Waals surface area contributed by atoms with E-state index in [1.807, 2.05) is 6.08 Å². The fraction of sp³-hybridized carbons (Fsp3) is 0.250. The molecule has 7 nitrogen and oxygen atoms in total. The number of rotatable bonds is 4. The number of carbonyl (C=O) groups is 4. The number of ketones is 2. The molecule has 1 saturated heterocycles. The number of imide groups is 1. The monoisotopic (exact) mass is 521 g/mol. The van der Waals surface area contributed by atoms with Crippen LogP contribution in [0.5, 0.6) is 11.5 Å². The van der Waals surface area contributed by atoms with E-state index in [-0.39, 0.29) is 41.3 Å². The number of Topliss-reactive ketones (excluding diaryl/α,β-unsaturated/α-hetero) is 1. The first kappa shape index (κ1) is 24.8. The number of phenols is 1. The molecule has 2 aromatic carbocycles. The fourth-order valence-corrected chi connectivity index (χ4v) is 6.66.